The average molecular weight is 406 g/mol. The minimum Gasteiger partial charge on any atom is -0.356 e. The van der Waals surface area contributed by atoms with Gasteiger partial charge < -0.3 is 9.42 Å². The zero-order chi connectivity index (χ0) is 20.2. The molecule has 0 aliphatic carbocycles. The van der Waals surface area contributed by atoms with Crippen LogP contribution in [-0.2, 0) is 6.18 Å². The maximum atomic E-state index is 13.3. The lowest BCUT2D eigenvalue weighted by molar-refractivity contribution is -0.146. The van der Waals surface area contributed by atoms with E-state index in [0.717, 1.165) is 15.6 Å². The van der Waals surface area contributed by atoms with Crippen LogP contribution in [0.4, 0.5) is 23.4 Å². The highest BCUT2D eigenvalue weighted by Crippen LogP contribution is 2.34. The number of hydrogen-bond acceptors (Lipinski definition) is 6. The molecule has 0 spiro atoms. The van der Waals surface area contributed by atoms with Gasteiger partial charge in [-0.05, 0) is 37.1 Å². The third-order valence-electron chi connectivity index (χ3n) is 5.17. The van der Waals surface area contributed by atoms with Crippen molar-refractivity contribution in [3.63, 3.8) is 0 Å². The number of aromatic nitrogens is 5. The molecule has 11 heteroatoms. The van der Waals surface area contributed by atoms with Gasteiger partial charge in [0, 0.05) is 30.5 Å². The molecule has 5 rings (SSSR count). The summed E-state index contributed by atoms with van der Waals surface area (Å²) in [6.07, 6.45) is -3.20. The Morgan fingerprint density at radius 3 is 2.59 bits per heavy atom. The maximum Gasteiger partial charge on any atom is 0.453 e. The Balaban J connectivity index is 1.37. The van der Waals surface area contributed by atoms with Crippen molar-refractivity contribution >= 4 is 22.4 Å². The SMILES string of the molecule is Fc1ccc2c(C3CCN(c4ccc5nnc(C(F)(F)F)n5n4)CC3)noc2c1. The van der Waals surface area contributed by atoms with Crippen molar-refractivity contribution in [2.75, 3.05) is 18.0 Å². The molecule has 0 radical (unpaired) electrons. The van der Waals surface area contributed by atoms with Crippen LogP contribution in [0.5, 0.6) is 0 Å². The normalized spacial score (nSPS) is 16.2. The number of benzene rings is 1. The quantitative estimate of drug-likeness (QED) is 0.472. The molecule has 4 aromatic rings. The standard InChI is InChI=1S/C18H14F4N6O/c19-11-1-2-12-13(9-11)29-26-16(12)10-5-7-27(8-6-10)15-4-3-14-23-24-17(18(20,21)22)28(14)25-15/h1-4,9-10H,5-8H2. The lowest BCUT2D eigenvalue weighted by atomic mass is 9.91. The fraction of sp³-hybridized carbons (Fsp3) is 0.333. The van der Waals surface area contributed by atoms with Crippen molar-refractivity contribution in [2.24, 2.45) is 0 Å². The Morgan fingerprint density at radius 2 is 1.83 bits per heavy atom. The molecular formula is C18H14F4N6O. The second-order valence-electron chi connectivity index (χ2n) is 6.95. The highest BCUT2D eigenvalue weighted by Gasteiger charge is 2.38. The molecule has 1 fully saturated rings. The second-order valence-corrected chi connectivity index (χ2v) is 6.95. The number of piperidine rings is 1. The summed E-state index contributed by atoms with van der Waals surface area (Å²) in [6, 6.07) is 7.43. The summed E-state index contributed by atoms with van der Waals surface area (Å²) < 4.78 is 58.5. The van der Waals surface area contributed by atoms with Crippen molar-refractivity contribution in [3.05, 3.63) is 47.7 Å². The number of rotatable bonds is 2. The Hall–Kier alpha value is -3.24. The van der Waals surface area contributed by atoms with Crippen LogP contribution >= 0.6 is 0 Å². The Morgan fingerprint density at radius 1 is 1.03 bits per heavy atom. The monoisotopic (exact) mass is 406 g/mol. The zero-order valence-electron chi connectivity index (χ0n) is 14.9. The first kappa shape index (κ1) is 17.8. The van der Waals surface area contributed by atoms with E-state index in [0.29, 0.717) is 37.3 Å². The number of anilines is 1. The van der Waals surface area contributed by atoms with Gasteiger partial charge in [-0.25, -0.2) is 4.39 Å². The predicted octanol–water partition coefficient (Wildman–Crippen LogP) is 3.81. The fourth-order valence-electron chi connectivity index (χ4n) is 3.73. The van der Waals surface area contributed by atoms with Crippen LogP contribution in [0.1, 0.15) is 30.3 Å². The van der Waals surface area contributed by atoms with E-state index in [1.165, 1.54) is 18.2 Å². The van der Waals surface area contributed by atoms with Gasteiger partial charge in [-0.3, -0.25) is 0 Å². The van der Waals surface area contributed by atoms with Gasteiger partial charge in [0.2, 0.25) is 0 Å². The summed E-state index contributed by atoms with van der Waals surface area (Å²) in [6.45, 7) is 1.17. The van der Waals surface area contributed by atoms with Crippen LogP contribution < -0.4 is 4.90 Å². The van der Waals surface area contributed by atoms with E-state index in [1.807, 2.05) is 4.90 Å². The van der Waals surface area contributed by atoms with Crippen molar-refractivity contribution in [3.8, 4) is 0 Å². The molecule has 0 N–H and O–H groups in total. The molecule has 0 atom stereocenters. The van der Waals surface area contributed by atoms with Crippen molar-refractivity contribution in [1.29, 1.82) is 0 Å². The first-order chi connectivity index (χ1) is 13.9. The number of alkyl halides is 3. The molecule has 29 heavy (non-hydrogen) atoms. The Labute approximate surface area is 160 Å². The average Bonchev–Trinajstić information content (AvgIpc) is 3.31. The van der Waals surface area contributed by atoms with Gasteiger partial charge >= 0.3 is 6.18 Å². The van der Waals surface area contributed by atoms with Gasteiger partial charge in [-0.1, -0.05) is 5.16 Å². The smallest absolute Gasteiger partial charge is 0.356 e. The van der Waals surface area contributed by atoms with E-state index >= 15 is 0 Å². The summed E-state index contributed by atoms with van der Waals surface area (Å²) in [4.78, 5) is 1.91. The summed E-state index contributed by atoms with van der Waals surface area (Å²) in [5, 5.41) is 15.7. The topological polar surface area (TPSA) is 72.4 Å². The fourth-order valence-corrected chi connectivity index (χ4v) is 3.73. The number of halogens is 4. The minimum absolute atomic E-state index is 0.0391. The van der Waals surface area contributed by atoms with Gasteiger partial charge in [0.05, 0.1) is 5.69 Å². The van der Waals surface area contributed by atoms with Gasteiger partial charge in [0.15, 0.2) is 11.2 Å². The van der Waals surface area contributed by atoms with Gasteiger partial charge in [-0.15, -0.1) is 15.3 Å². The number of fused-ring (bicyclic) bond motifs is 2. The molecule has 3 aromatic heterocycles. The minimum atomic E-state index is -4.63. The highest BCUT2D eigenvalue weighted by molar-refractivity contribution is 5.80. The molecule has 0 bridgehead atoms. The van der Waals surface area contributed by atoms with Crippen LogP contribution in [0.2, 0.25) is 0 Å². The molecule has 7 nitrogen and oxygen atoms in total. The van der Waals surface area contributed by atoms with Crippen LogP contribution in [0.15, 0.2) is 34.9 Å². The van der Waals surface area contributed by atoms with E-state index in [9.17, 15) is 17.6 Å². The largest absolute Gasteiger partial charge is 0.453 e. The van der Waals surface area contributed by atoms with E-state index in [1.54, 1.807) is 12.1 Å². The van der Waals surface area contributed by atoms with Gasteiger partial charge in [0.1, 0.15) is 11.6 Å². The third kappa shape index (κ3) is 3.06. The second kappa shape index (κ2) is 6.39. The lowest BCUT2D eigenvalue weighted by Crippen LogP contribution is -2.34. The number of nitrogens with zero attached hydrogens (tertiary/aromatic N) is 6. The molecule has 0 saturated carbocycles. The van der Waals surface area contributed by atoms with E-state index in [4.69, 9.17) is 4.52 Å². The molecule has 0 amide bonds. The van der Waals surface area contributed by atoms with Crippen LogP contribution in [-0.4, -0.2) is 38.1 Å². The molecule has 0 unspecified atom stereocenters. The van der Waals surface area contributed by atoms with Crippen LogP contribution in [0.25, 0.3) is 16.6 Å². The van der Waals surface area contributed by atoms with Crippen molar-refractivity contribution < 1.29 is 22.1 Å². The van der Waals surface area contributed by atoms with Crippen molar-refractivity contribution in [2.45, 2.75) is 24.9 Å². The predicted molar refractivity (Wildman–Crippen MR) is 93.9 cm³/mol. The molecular weight excluding hydrogens is 392 g/mol. The first-order valence-electron chi connectivity index (χ1n) is 8.99. The van der Waals surface area contributed by atoms with Crippen molar-refractivity contribution in [1.82, 2.24) is 25.0 Å². The molecule has 1 aliphatic rings. The number of hydrogen-bond donors (Lipinski definition) is 0. The summed E-state index contributed by atoms with van der Waals surface area (Å²) in [5.41, 5.74) is 1.22. The summed E-state index contributed by atoms with van der Waals surface area (Å²) in [7, 11) is 0. The first-order valence-corrected chi connectivity index (χ1v) is 8.99. The van der Waals surface area contributed by atoms with E-state index in [2.05, 4.69) is 20.5 Å². The third-order valence-corrected chi connectivity index (χ3v) is 5.17. The Bertz CT molecular complexity index is 1190. The summed E-state index contributed by atoms with van der Waals surface area (Å²) >= 11 is 0. The maximum absolute atomic E-state index is 13.3. The summed E-state index contributed by atoms with van der Waals surface area (Å²) in [5.74, 6) is -0.995. The Kier molecular flexibility index (Phi) is 3.93. The van der Waals surface area contributed by atoms with Gasteiger partial charge in [0.25, 0.3) is 5.82 Å². The van der Waals surface area contributed by atoms with Gasteiger partial charge in [-0.2, -0.15) is 17.7 Å². The molecule has 1 aromatic carbocycles. The highest BCUT2D eigenvalue weighted by atomic mass is 19.4. The molecule has 4 heterocycles. The van der Waals surface area contributed by atoms with Crippen LogP contribution in [0.3, 0.4) is 0 Å². The van der Waals surface area contributed by atoms with E-state index in [-0.39, 0.29) is 17.4 Å². The van der Waals surface area contributed by atoms with E-state index < -0.39 is 12.0 Å². The molecule has 150 valence electrons. The zero-order valence-corrected chi connectivity index (χ0v) is 14.9. The molecule has 1 aliphatic heterocycles. The molecule has 1 saturated heterocycles. The van der Waals surface area contributed by atoms with Crippen LogP contribution in [0, 0.1) is 5.82 Å². The lowest BCUT2D eigenvalue weighted by Gasteiger charge is -2.31.